The van der Waals surface area contributed by atoms with Crippen molar-refractivity contribution in [3.05, 3.63) is 108 Å². The van der Waals surface area contributed by atoms with Gasteiger partial charge < -0.3 is 5.11 Å². The summed E-state index contributed by atoms with van der Waals surface area (Å²) in [6, 6.07) is 29.8. The van der Waals surface area contributed by atoms with Crippen molar-refractivity contribution in [2.75, 3.05) is 0 Å². The highest BCUT2D eigenvalue weighted by atomic mass is 16.7. The molecule has 0 aromatic heterocycles. The van der Waals surface area contributed by atoms with Gasteiger partial charge in [-0.3, -0.25) is 4.84 Å². The molecule has 1 N–H and O–H groups in total. The minimum absolute atomic E-state index is 0.141. The summed E-state index contributed by atoms with van der Waals surface area (Å²) in [4.78, 5) is 17.7. The van der Waals surface area contributed by atoms with Gasteiger partial charge in [-0.1, -0.05) is 91.0 Å². The monoisotopic (exact) mass is 359 g/mol. The van der Waals surface area contributed by atoms with Crippen LogP contribution in [0.4, 0.5) is 0 Å². The summed E-state index contributed by atoms with van der Waals surface area (Å²) >= 11 is 0. The number of nitrogens with zero attached hydrogens (tertiary/aromatic N) is 1. The Labute approximate surface area is 158 Å². The number of hydrogen-bond donors (Lipinski definition) is 1. The maximum absolute atomic E-state index is 11.7. The average molecular weight is 359 g/mol. The van der Waals surface area contributed by atoms with Crippen molar-refractivity contribution in [3.63, 3.8) is 0 Å². The van der Waals surface area contributed by atoms with Gasteiger partial charge in [0.1, 0.15) is 0 Å². The number of carboxylic acids is 1. The summed E-state index contributed by atoms with van der Waals surface area (Å²) in [5.74, 6) is -0.932. The van der Waals surface area contributed by atoms with Crippen molar-refractivity contribution < 1.29 is 14.7 Å². The Balaban J connectivity index is 1.80. The van der Waals surface area contributed by atoms with E-state index in [1.54, 1.807) is 0 Å². The number of carboxylic acid groups (broad SMARTS) is 1. The molecular weight excluding hydrogens is 338 g/mol. The third kappa shape index (κ3) is 3.63. The summed E-state index contributed by atoms with van der Waals surface area (Å²) in [5.41, 5.74) is 3.18. The molecule has 0 spiro atoms. The van der Waals surface area contributed by atoms with Gasteiger partial charge in [-0.2, -0.15) is 5.06 Å². The first-order chi connectivity index (χ1) is 13.2. The fourth-order valence-electron chi connectivity index (χ4n) is 3.67. The van der Waals surface area contributed by atoms with Gasteiger partial charge >= 0.3 is 5.97 Å². The zero-order valence-corrected chi connectivity index (χ0v) is 14.8. The second kappa shape index (κ2) is 7.74. The van der Waals surface area contributed by atoms with Crippen LogP contribution < -0.4 is 0 Å². The molecule has 1 saturated heterocycles. The van der Waals surface area contributed by atoms with Gasteiger partial charge in [-0.25, -0.2) is 4.79 Å². The lowest BCUT2D eigenvalue weighted by atomic mass is 9.94. The number of aliphatic carboxylic acids is 1. The van der Waals surface area contributed by atoms with Crippen LogP contribution in [0.1, 0.15) is 35.2 Å². The Bertz CT molecular complexity index is 844. The molecular formula is C23H21NO3. The maximum atomic E-state index is 11.7. The van der Waals surface area contributed by atoms with Crippen LogP contribution in [-0.4, -0.2) is 22.2 Å². The quantitative estimate of drug-likeness (QED) is 0.723. The number of rotatable bonds is 5. The lowest BCUT2D eigenvalue weighted by Gasteiger charge is -2.32. The Hall–Kier alpha value is -2.95. The Morgan fingerprint density at radius 2 is 1.33 bits per heavy atom. The van der Waals surface area contributed by atoms with Crippen molar-refractivity contribution in [3.8, 4) is 0 Å². The van der Waals surface area contributed by atoms with Gasteiger partial charge in [0.2, 0.25) is 0 Å². The molecule has 4 rings (SSSR count). The summed E-state index contributed by atoms with van der Waals surface area (Å²) in [7, 11) is 0. The number of hydroxylamine groups is 2. The largest absolute Gasteiger partial charge is 0.479 e. The zero-order chi connectivity index (χ0) is 18.6. The molecule has 3 aromatic rings. The summed E-state index contributed by atoms with van der Waals surface area (Å²) < 4.78 is 0. The van der Waals surface area contributed by atoms with E-state index in [-0.39, 0.29) is 12.1 Å². The van der Waals surface area contributed by atoms with Gasteiger partial charge in [0, 0.05) is 6.42 Å². The van der Waals surface area contributed by atoms with Gasteiger partial charge in [0.15, 0.2) is 6.10 Å². The molecule has 2 atom stereocenters. The van der Waals surface area contributed by atoms with Crippen LogP contribution in [0.5, 0.6) is 0 Å². The van der Waals surface area contributed by atoms with Gasteiger partial charge in [0.25, 0.3) is 0 Å². The standard InChI is InChI=1S/C23H21NO3/c25-23(26)21-16-20(17-10-4-1-5-11-17)24(27-21)22(18-12-6-2-7-13-18)19-14-8-3-9-15-19/h1-15,20-22H,16H2,(H,25,26). The minimum atomic E-state index is -0.932. The van der Waals surface area contributed by atoms with Crippen LogP contribution in [-0.2, 0) is 9.63 Å². The van der Waals surface area contributed by atoms with Gasteiger partial charge in [-0.15, -0.1) is 0 Å². The first-order valence-electron chi connectivity index (χ1n) is 9.07. The molecule has 2 unspecified atom stereocenters. The van der Waals surface area contributed by atoms with E-state index in [1.165, 1.54) is 0 Å². The molecule has 1 aliphatic rings. The molecule has 3 aromatic carbocycles. The lowest BCUT2D eigenvalue weighted by Crippen LogP contribution is -2.30. The van der Waals surface area contributed by atoms with Crippen molar-refractivity contribution in [1.82, 2.24) is 5.06 Å². The van der Waals surface area contributed by atoms with Gasteiger partial charge in [-0.05, 0) is 16.7 Å². The molecule has 1 fully saturated rings. The van der Waals surface area contributed by atoms with E-state index in [0.717, 1.165) is 16.7 Å². The Morgan fingerprint density at radius 3 is 1.81 bits per heavy atom. The third-order valence-corrected chi connectivity index (χ3v) is 4.94. The number of benzene rings is 3. The predicted octanol–water partition coefficient (Wildman–Crippen LogP) is 4.61. The molecule has 1 aliphatic heterocycles. The first kappa shape index (κ1) is 17.5. The molecule has 0 saturated carbocycles. The summed E-state index contributed by atoms with van der Waals surface area (Å²) in [6.07, 6.45) is -0.444. The van der Waals surface area contributed by atoms with E-state index in [1.807, 2.05) is 71.8 Å². The summed E-state index contributed by atoms with van der Waals surface area (Å²) in [5, 5.41) is 11.4. The fraction of sp³-hybridized carbons (Fsp3) is 0.174. The van der Waals surface area contributed by atoms with Crippen molar-refractivity contribution in [2.45, 2.75) is 24.6 Å². The maximum Gasteiger partial charge on any atom is 0.335 e. The highest BCUT2D eigenvalue weighted by Gasteiger charge is 2.42. The molecule has 136 valence electrons. The first-order valence-corrected chi connectivity index (χ1v) is 9.07. The molecule has 0 amide bonds. The van der Waals surface area contributed by atoms with Crippen molar-refractivity contribution in [1.29, 1.82) is 0 Å². The SMILES string of the molecule is O=C(O)C1CC(c2ccccc2)N(C(c2ccccc2)c2ccccc2)O1. The normalized spacial score (nSPS) is 20.0. The van der Waals surface area contributed by atoms with E-state index in [0.29, 0.717) is 6.42 Å². The lowest BCUT2D eigenvalue weighted by molar-refractivity contribution is -0.197. The minimum Gasteiger partial charge on any atom is -0.479 e. The van der Waals surface area contributed by atoms with E-state index >= 15 is 0 Å². The molecule has 0 radical (unpaired) electrons. The molecule has 0 bridgehead atoms. The van der Waals surface area contributed by atoms with E-state index in [4.69, 9.17) is 4.84 Å². The van der Waals surface area contributed by atoms with Crippen LogP contribution >= 0.6 is 0 Å². The van der Waals surface area contributed by atoms with E-state index < -0.39 is 12.1 Å². The second-order valence-electron chi connectivity index (χ2n) is 6.68. The topological polar surface area (TPSA) is 49.8 Å². The van der Waals surface area contributed by atoms with Crippen molar-refractivity contribution >= 4 is 5.97 Å². The van der Waals surface area contributed by atoms with Crippen LogP contribution in [0.3, 0.4) is 0 Å². The van der Waals surface area contributed by atoms with E-state index in [2.05, 4.69) is 24.3 Å². The Kier molecular flexibility index (Phi) is 5.01. The van der Waals surface area contributed by atoms with Crippen LogP contribution in [0.25, 0.3) is 0 Å². The predicted molar refractivity (Wildman–Crippen MR) is 103 cm³/mol. The molecule has 1 heterocycles. The van der Waals surface area contributed by atoms with Gasteiger partial charge in [0.05, 0.1) is 12.1 Å². The Morgan fingerprint density at radius 1 is 0.852 bits per heavy atom. The molecule has 0 aliphatic carbocycles. The van der Waals surface area contributed by atoms with Crippen LogP contribution in [0, 0.1) is 0 Å². The molecule has 4 nitrogen and oxygen atoms in total. The second-order valence-corrected chi connectivity index (χ2v) is 6.68. The number of hydrogen-bond acceptors (Lipinski definition) is 3. The average Bonchev–Trinajstić information content (AvgIpc) is 3.16. The zero-order valence-electron chi connectivity index (χ0n) is 14.8. The molecule has 4 heteroatoms. The fourth-order valence-corrected chi connectivity index (χ4v) is 3.67. The van der Waals surface area contributed by atoms with Crippen LogP contribution in [0.2, 0.25) is 0 Å². The number of carbonyl (C=O) groups is 1. The third-order valence-electron chi connectivity index (χ3n) is 4.94. The highest BCUT2D eigenvalue weighted by molar-refractivity contribution is 5.72. The van der Waals surface area contributed by atoms with E-state index in [9.17, 15) is 9.90 Å². The summed E-state index contributed by atoms with van der Waals surface area (Å²) in [6.45, 7) is 0. The highest BCUT2D eigenvalue weighted by Crippen LogP contribution is 2.43. The smallest absolute Gasteiger partial charge is 0.335 e. The molecule has 27 heavy (non-hydrogen) atoms. The van der Waals surface area contributed by atoms with Crippen LogP contribution in [0.15, 0.2) is 91.0 Å². The van der Waals surface area contributed by atoms with Crippen molar-refractivity contribution in [2.24, 2.45) is 0 Å².